The van der Waals surface area contributed by atoms with E-state index in [9.17, 15) is 5.26 Å². The fraction of sp³-hybridized carbons (Fsp3) is 0.385. The number of hydrogen-bond donors (Lipinski definition) is 0. The molecule has 0 bridgehead atoms. The molecule has 5 nitrogen and oxygen atoms in total. The summed E-state index contributed by atoms with van der Waals surface area (Å²) in [6.45, 7) is 9.96. The number of benzene rings is 2. The van der Waals surface area contributed by atoms with Gasteiger partial charge in [0.15, 0.2) is 0 Å². The van der Waals surface area contributed by atoms with Crippen molar-refractivity contribution >= 4 is 16.5 Å². The molecule has 0 saturated heterocycles. The van der Waals surface area contributed by atoms with Gasteiger partial charge in [-0.3, -0.25) is 0 Å². The van der Waals surface area contributed by atoms with Gasteiger partial charge in [0.05, 0.1) is 6.61 Å². The number of nitriles is 1. The maximum Gasteiger partial charge on any atom is 0.232 e. The topological polar surface area (TPSA) is 58.4 Å². The smallest absolute Gasteiger partial charge is 0.232 e. The SMILES string of the molecule is CCCN(CCC)c1ccc2cc(-c3ccnc(OCCOCC)c3C#N)ccc2c1. The predicted octanol–water partition coefficient (Wildman–Crippen LogP) is 5.82. The molecule has 3 aromatic rings. The molecule has 0 aliphatic rings. The summed E-state index contributed by atoms with van der Waals surface area (Å²) in [6, 6.07) is 17.1. The number of aromatic nitrogens is 1. The summed E-state index contributed by atoms with van der Waals surface area (Å²) in [4.78, 5) is 6.70. The molecule has 5 heteroatoms. The molecule has 0 fully saturated rings. The molecule has 0 unspecified atom stereocenters. The average molecular weight is 418 g/mol. The lowest BCUT2D eigenvalue weighted by molar-refractivity contribution is 0.108. The van der Waals surface area contributed by atoms with Crippen LogP contribution in [0.15, 0.2) is 48.7 Å². The minimum Gasteiger partial charge on any atom is -0.474 e. The highest BCUT2D eigenvalue weighted by Crippen LogP contribution is 2.32. The van der Waals surface area contributed by atoms with Crippen LogP contribution in [0.4, 0.5) is 5.69 Å². The van der Waals surface area contributed by atoms with Crippen LogP contribution in [0.2, 0.25) is 0 Å². The zero-order valence-electron chi connectivity index (χ0n) is 18.7. The largest absolute Gasteiger partial charge is 0.474 e. The molecular weight excluding hydrogens is 386 g/mol. The van der Waals surface area contributed by atoms with Crippen molar-refractivity contribution in [1.82, 2.24) is 4.98 Å². The van der Waals surface area contributed by atoms with E-state index in [1.165, 1.54) is 11.1 Å². The van der Waals surface area contributed by atoms with E-state index in [-0.39, 0.29) is 0 Å². The van der Waals surface area contributed by atoms with Crippen LogP contribution in [0.3, 0.4) is 0 Å². The lowest BCUT2D eigenvalue weighted by atomic mass is 9.98. The molecule has 0 aliphatic carbocycles. The van der Waals surface area contributed by atoms with Gasteiger partial charge in [0.1, 0.15) is 18.2 Å². The zero-order valence-corrected chi connectivity index (χ0v) is 18.7. The monoisotopic (exact) mass is 417 g/mol. The second kappa shape index (κ2) is 11.3. The van der Waals surface area contributed by atoms with Crippen LogP contribution in [-0.4, -0.2) is 37.9 Å². The van der Waals surface area contributed by atoms with Gasteiger partial charge in [-0.05, 0) is 60.4 Å². The number of rotatable bonds is 11. The van der Waals surface area contributed by atoms with Crippen molar-refractivity contribution in [2.45, 2.75) is 33.6 Å². The van der Waals surface area contributed by atoms with E-state index in [0.29, 0.717) is 31.3 Å². The van der Waals surface area contributed by atoms with Gasteiger partial charge in [0, 0.05) is 37.1 Å². The summed E-state index contributed by atoms with van der Waals surface area (Å²) in [7, 11) is 0. The molecule has 1 heterocycles. The van der Waals surface area contributed by atoms with Crippen LogP contribution in [-0.2, 0) is 4.74 Å². The molecule has 0 N–H and O–H groups in total. The van der Waals surface area contributed by atoms with Crippen molar-refractivity contribution in [3.05, 3.63) is 54.2 Å². The molecule has 0 atom stereocenters. The third-order valence-corrected chi connectivity index (χ3v) is 5.19. The standard InChI is InChI=1S/C26H31N3O2/c1-4-13-29(14-5-2)23-10-9-20-17-22(8-7-21(20)18-23)24-11-12-28-26(25(24)19-27)31-16-15-30-6-3/h7-12,17-18H,4-6,13-16H2,1-3H3. The Morgan fingerprint density at radius 3 is 2.39 bits per heavy atom. The first-order chi connectivity index (χ1) is 15.2. The lowest BCUT2D eigenvalue weighted by Crippen LogP contribution is -2.24. The zero-order chi connectivity index (χ0) is 22.1. The Morgan fingerprint density at radius 2 is 1.68 bits per heavy atom. The molecule has 0 spiro atoms. The van der Waals surface area contributed by atoms with E-state index >= 15 is 0 Å². The third kappa shape index (κ3) is 5.53. The van der Waals surface area contributed by atoms with Crippen LogP contribution in [0.5, 0.6) is 5.88 Å². The molecule has 2 aromatic carbocycles. The normalized spacial score (nSPS) is 10.8. The number of anilines is 1. The Bertz CT molecular complexity index is 1040. The van der Waals surface area contributed by atoms with Crippen LogP contribution in [0.1, 0.15) is 39.2 Å². The highest BCUT2D eigenvalue weighted by Gasteiger charge is 2.13. The second-order valence-electron chi connectivity index (χ2n) is 7.43. The number of fused-ring (bicyclic) bond motifs is 1. The first kappa shape index (κ1) is 22.6. The molecular formula is C26H31N3O2. The van der Waals surface area contributed by atoms with Crippen molar-refractivity contribution in [1.29, 1.82) is 5.26 Å². The van der Waals surface area contributed by atoms with Crippen molar-refractivity contribution in [3.8, 4) is 23.1 Å². The highest BCUT2D eigenvalue weighted by molar-refractivity contribution is 5.90. The Hall–Kier alpha value is -3.10. The van der Waals surface area contributed by atoms with Crippen molar-refractivity contribution in [2.24, 2.45) is 0 Å². The quantitative estimate of drug-likeness (QED) is 0.368. The van der Waals surface area contributed by atoms with E-state index in [1.807, 2.05) is 13.0 Å². The van der Waals surface area contributed by atoms with Gasteiger partial charge in [-0.15, -0.1) is 0 Å². The number of hydrogen-bond acceptors (Lipinski definition) is 5. The summed E-state index contributed by atoms with van der Waals surface area (Å²) in [6.07, 6.45) is 3.95. The van der Waals surface area contributed by atoms with Gasteiger partial charge in [0.25, 0.3) is 0 Å². The number of nitrogens with zero attached hydrogens (tertiary/aromatic N) is 3. The van der Waals surface area contributed by atoms with Gasteiger partial charge in [-0.2, -0.15) is 5.26 Å². The van der Waals surface area contributed by atoms with Gasteiger partial charge in [-0.1, -0.05) is 32.0 Å². The third-order valence-electron chi connectivity index (χ3n) is 5.19. The number of ether oxygens (including phenoxy) is 2. The summed E-state index contributed by atoms with van der Waals surface area (Å²) >= 11 is 0. The van der Waals surface area contributed by atoms with E-state index in [1.54, 1.807) is 6.20 Å². The molecule has 0 aliphatic heterocycles. The minimum absolute atomic E-state index is 0.352. The Morgan fingerprint density at radius 1 is 0.935 bits per heavy atom. The van der Waals surface area contributed by atoms with Gasteiger partial charge < -0.3 is 14.4 Å². The Kier molecular flexibility index (Phi) is 8.26. The fourth-order valence-corrected chi connectivity index (χ4v) is 3.75. The van der Waals surface area contributed by atoms with Crippen LogP contribution in [0.25, 0.3) is 21.9 Å². The molecule has 0 saturated carbocycles. The molecule has 0 amide bonds. The molecule has 0 radical (unpaired) electrons. The first-order valence-corrected chi connectivity index (χ1v) is 11.1. The molecule has 1 aromatic heterocycles. The summed E-state index contributed by atoms with van der Waals surface area (Å²) < 4.78 is 11.0. The summed E-state index contributed by atoms with van der Waals surface area (Å²) in [5.74, 6) is 0.352. The van der Waals surface area contributed by atoms with E-state index in [2.05, 4.69) is 66.2 Å². The number of pyridine rings is 1. The van der Waals surface area contributed by atoms with Crippen molar-refractivity contribution in [3.63, 3.8) is 0 Å². The maximum absolute atomic E-state index is 9.77. The van der Waals surface area contributed by atoms with Gasteiger partial charge in [-0.25, -0.2) is 4.98 Å². The molecule has 3 rings (SSSR count). The summed E-state index contributed by atoms with van der Waals surface area (Å²) in [5.41, 5.74) is 3.52. The van der Waals surface area contributed by atoms with Crippen molar-refractivity contribution in [2.75, 3.05) is 37.8 Å². The lowest BCUT2D eigenvalue weighted by Gasteiger charge is -2.24. The van der Waals surface area contributed by atoms with E-state index in [0.717, 1.165) is 42.4 Å². The maximum atomic E-state index is 9.77. The highest BCUT2D eigenvalue weighted by atomic mass is 16.5. The van der Waals surface area contributed by atoms with E-state index < -0.39 is 0 Å². The molecule has 31 heavy (non-hydrogen) atoms. The fourth-order valence-electron chi connectivity index (χ4n) is 3.75. The summed E-state index contributed by atoms with van der Waals surface area (Å²) in [5, 5.41) is 12.1. The van der Waals surface area contributed by atoms with Gasteiger partial charge >= 0.3 is 0 Å². The Labute approximate surface area is 185 Å². The van der Waals surface area contributed by atoms with Crippen LogP contribution >= 0.6 is 0 Å². The van der Waals surface area contributed by atoms with Gasteiger partial charge in [0.2, 0.25) is 5.88 Å². The molecule has 162 valence electrons. The predicted molar refractivity (Wildman–Crippen MR) is 127 cm³/mol. The van der Waals surface area contributed by atoms with Crippen LogP contribution < -0.4 is 9.64 Å². The first-order valence-electron chi connectivity index (χ1n) is 11.1. The van der Waals surface area contributed by atoms with E-state index in [4.69, 9.17) is 9.47 Å². The van der Waals surface area contributed by atoms with Crippen molar-refractivity contribution < 1.29 is 9.47 Å². The van der Waals surface area contributed by atoms with Crippen LogP contribution in [0, 0.1) is 11.3 Å². The average Bonchev–Trinajstić information content (AvgIpc) is 2.80. The Balaban J connectivity index is 1.91. The second-order valence-corrected chi connectivity index (χ2v) is 7.43. The minimum atomic E-state index is 0.352.